The Morgan fingerprint density at radius 3 is 2.29 bits per heavy atom. The summed E-state index contributed by atoms with van der Waals surface area (Å²) in [5.41, 5.74) is 3.96. The molecule has 0 aliphatic carbocycles. The van der Waals surface area contributed by atoms with Crippen LogP contribution in [0.2, 0.25) is 0 Å². The summed E-state index contributed by atoms with van der Waals surface area (Å²) in [6.07, 6.45) is 0. The molecule has 0 atom stereocenters. The molecule has 3 heteroatoms. The Labute approximate surface area is 91.8 Å². The zero-order valence-corrected chi connectivity index (χ0v) is 9.53. The Kier molecular flexibility index (Phi) is 6.54. The van der Waals surface area contributed by atoms with E-state index in [4.69, 9.17) is 5.11 Å². The summed E-state index contributed by atoms with van der Waals surface area (Å²) < 4.78 is 0. The van der Waals surface area contributed by atoms with Gasteiger partial charge in [0, 0.05) is 13.1 Å². The lowest BCUT2D eigenvalue weighted by Crippen LogP contribution is -2.18. The molecule has 0 saturated heterocycles. The first-order chi connectivity index (χ1) is 6.25. The first-order valence-corrected chi connectivity index (χ1v) is 4.62. The van der Waals surface area contributed by atoms with Gasteiger partial charge in [-0.1, -0.05) is 18.2 Å². The largest absolute Gasteiger partial charge is 0.395 e. The van der Waals surface area contributed by atoms with Gasteiger partial charge in [-0.15, -0.1) is 12.4 Å². The molecular formula is C11H18ClNO. The van der Waals surface area contributed by atoms with Crippen LogP contribution in [0.25, 0.3) is 0 Å². The molecule has 0 amide bonds. The molecule has 0 radical (unpaired) electrons. The van der Waals surface area contributed by atoms with Crippen LogP contribution in [-0.4, -0.2) is 18.3 Å². The molecule has 1 aromatic carbocycles. The first-order valence-electron chi connectivity index (χ1n) is 4.62. The second kappa shape index (κ2) is 6.82. The molecule has 0 saturated carbocycles. The summed E-state index contributed by atoms with van der Waals surface area (Å²) in [6.45, 7) is 5.93. The number of nitrogens with one attached hydrogen (secondary N) is 1. The summed E-state index contributed by atoms with van der Waals surface area (Å²) >= 11 is 0. The van der Waals surface area contributed by atoms with Crippen molar-refractivity contribution in [3.05, 3.63) is 34.9 Å². The third-order valence-corrected chi connectivity index (χ3v) is 2.23. The van der Waals surface area contributed by atoms with Crippen molar-refractivity contribution < 1.29 is 5.11 Å². The molecule has 0 aliphatic rings. The van der Waals surface area contributed by atoms with Crippen molar-refractivity contribution in [2.24, 2.45) is 0 Å². The minimum absolute atomic E-state index is 0. The maximum absolute atomic E-state index is 8.62. The molecular weight excluding hydrogens is 198 g/mol. The van der Waals surface area contributed by atoms with Gasteiger partial charge in [-0.05, 0) is 30.5 Å². The lowest BCUT2D eigenvalue weighted by Gasteiger charge is -2.09. The third kappa shape index (κ3) is 3.66. The quantitative estimate of drug-likeness (QED) is 0.751. The highest BCUT2D eigenvalue weighted by molar-refractivity contribution is 5.85. The smallest absolute Gasteiger partial charge is 0.0556 e. The minimum Gasteiger partial charge on any atom is -0.395 e. The van der Waals surface area contributed by atoms with E-state index in [1.54, 1.807) is 0 Å². The van der Waals surface area contributed by atoms with E-state index in [9.17, 15) is 0 Å². The fourth-order valence-electron chi connectivity index (χ4n) is 1.42. The van der Waals surface area contributed by atoms with E-state index in [2.05, 4.69) is 37.4 Å². The lowest BCUT2D eigenvalue weighted by atomic mass is 10.0. The van der Waals surface area contributed by atoms with Gasteiger partial charge in [0.05, 0.1) is 6.61 Å². The molecule has 0 fully saturated rings. The molecule has 0 aliphatic heterocycles. The Morgan fingerprint density at radius 1 is 1.21 bits per heavy atom. The second-order valence-corrected chi connectivity index (χ2v) is 3.27. The number of halogens is 1. The Bertz CT molecular complexity index is 256. The SMILES string of the molecule is Cc1cccc(C)c1CNCCO.Cl. The molecule has 0 heterocycles. The van der Waals surface area contributed by atoms with Crippen LogP contribution in [0.3, 0.4) is 0 Å². The van der Waals surface area contributed by atoms with E-state index in [0.29, 0.717) is 6.54 Å². The fourth-order valence-corrected chi connectivity index (χ4v) is 1.42. The maximum Gasteiger partial charge on any atom is 0.0556 e. The van der Waals surface area contributed by atoms with Crippen molar-refractivity contribution in [3.8, 4) is 0 Å². The number of rotatable bonds is 4. The fraction of sp³-hybridized carbons (Fsp3) is 0.455. The highest BCUT2D eigenvalue weighted by Gasteiger charge is 1.99. The second-order valence-electron chi connectivity index (χ2n) is 3.27. The predicted molar refractivity (Wildman–Crippen MR) is 62.0 cm³/mol. The summed E-state index contributed by atoms with van der Waals surface area (Å²) in [5.74, 6) is 0. The van der Waals surface area contributed by atoms with Gasteiger partial charge in [0.25, 0.3) is 0 Å². The van der Waals surface area contributed by atoms with Crippen LogP contribution in [-0.2, 0) is 6.54 Å². The van der Waals surface area contributed by atoms with Crippen molar-refractivity contribution in [1.82, 2.24) is 5.32 Å². The molecule has 0 aromatic heterocycles. The lowest BCUT2D eigenvalue weighted by molar-refractivity contribution is 0.292. The van der Waals surface area contributed by atoms with Crippen LogP contribution in [0.15, 0.2) is 18.2 Å². The van der Waals surface area contributed by atoms with E-state index in [1.807, 2.05) is 0 Å². The standard InChI is InChI=1S/C11H17NO.ClH/c1-9-4-3-5-10(2)11(9)8-12-6-7-13;/h3-5,12-13H,6-8H2,1-2H3;1H. The number of benzene rings is 1. The first kappa shape index (κ1) is 13.4. The predicted octanol–water partition coefficient (Wildman–Crippen LogP) is 1.81. The van der Waals surface area contributed by atoms with Gasteiger partial charge in [0.2, 0.25) is 0 Å². The van der Waals surface area contributed by atoms with Gasteiger partial charge in [-0.25, -0.2) is 0 Å². The van der Waals surface area contributed by atoms with Crippen LogP contribution in [0, 0.1) is 13.8 Å². The van der Waals surface area contributed by atoms with Gasteiger partial charge in [0.15, 0.2) is 0 Å². The van der Waals surface area contributed by atoms with Gasteiger partial charge in [-0.2, -0.15) is 0 Å². The number of aryl methyl sites for hydroxylation is 2. The molecule has 2 nitrogen and oxygen atoms in total. The molecule has 80 valence electrons. The van der Waals surface area contributed by atoms with Crippen LogP contribution in [0.5, 0.6) is 0 Å². The summed E-state index contributed by atoms with van der Waals surface area (Å²) in [6, 6.07) is 6.30. The van der Waals surface area contributed by atoms with Crippen molar-refractivity contribution in [1.29, 1.82) is 0 Å². The Morgan fingerprint density at radius 2 is 1.79 bits per heavy atom. The summed E-state index contributed by atoms with van der Waals surface area (Å²) in [7, 11) is 0. The third-order valence-electron chi connectivity index (χ3n) is 2.23. The molecule has 1 rings (SSSR count). The average Bonchev–Trinajstić information content (AvgIpc) is 2.10. The van der Waals surface area contributed by atoms with Crippen molar-refractivity contribution in [2.75, 3.05) is 13.2 Å². The molecule has 2 N–H and O–H groups in total. The highest BCUT2D eigenvalue weighted by Crippen LogP contribution is 2.12. The molecule has 0 spiro atoms. The monoisotopic (exact) mass is 215 g/mol. The van der Waals surface area contributed by atoms with Crippen molar-refractivity contribution in [3.63, 3.8) is 0 Å². The zero-order valence-electron chi connectivity index (χ0n) is 8.71. The van der Waals surface area contributed by atoms with Crippen molar-refractivity contribution >= 4 is 12.4 Å². The van der Waals surface area contributed by atoms with Gasteiger partial charge in [-0.3, -0.25) is 0 Å². The van der Waals surface area contributed by atoms with Crippen molar-refractivity contribution in [2.45, 2.75) is 20.4 Å². The Hall–Kier alpha value is -0.570. The Balaban J connectivity index is 0.00000169. The van der Waals surface area contributed by atoms with E-state index in [-0.39, 0.29) is 19.0 Å². The van der Waals surface area contributed by atoms with Crippen LogP contribution in [0.1, 0.15) is 16.7 Å². The molecule has 14 heavy (non-hydrogen) atoms. The summed E-state index contributed by atoms with van der Waals surface area (Å²) in [4.78, 5) is 0. The minimum atomic E-state index is 0. The van der Waals surface area contributed by atoms with Gasteiger partial charge < -0.3 is 10.4 Å². The number of aliphatic hydroxyl groups is 1. The molecule has 0 unspecified atom stereocenters. The number of aliphatic hydroxyl groups excluding tert-OH is 1. The van der Waals surface area contributed by atoms with Crippen LogP contribution >= 0.6 is 12.4 Å². The average molecular weight is 216 g/mol. The molecule has 0 bridgehead atoms. The number of hydrogen-bond donors (Lipinski definition) is 2. The van der Waals surface area contributed by atoms with E-state index >= 15 is 0 Å². The maximum atomic E-state index is 8.62. The highest BCUT2D eigenvalue weighted by atomic mass is 35.5. The van der Waals surface area contributed by atoms with Gasteiger partial charge in [0.1, 0.15) is 0 Å². The van der Waals surface area contributed by atoms with E-state index < -0.39 is 0 Å². The van der Waals surface area contributed by atoms with E-state index in [0.717, 1.165) is 6.54 Å². The zero-order chi connectivity index (χ0) is 9.68. The van der Waals surface area contributed by atoms with Crippen LogP contribution < -0.4 is 5.32 Å². The topological polar surface area (TPSA) is 32.3 Å². The van der Waals surface area contributed by atoms with E-state index in [1.165, 1.54) is 16.7 Å². The molecule has 1 aromatic rings. The van der Waals surface area contributed by atoms with Crippen LogP contribution in [0.4, 0.5) is 0 Å². The summed E-state index contributed by atoms with van der Waals surface area (Å²) in [5, 5.41) is 11.8. The van der Waals surface area contributed by atoms with Gasteiger partial charge >= 0.3 is 0 Å². The number of hydrogen-bond acceptors (Lipinski definition) is 2. The normalized spacial score (nSPS) is 9.64.